The number of aliphatic hydroxyl groups excluding tert-OH is 1. The molecule has 0 amide bonds. The van der Waals surface area contributed by atoms with Gasteiger partial charge in [-0.1, -0.05) is 26.7 Å². The summed E-state index contributed by atoms with van der Waals surface area (Å²) in [4.78, 5) is 0. The molecule has 0 saturated heterocycles. The molecule has 0 aliphatic heterocycles. The smallest absolute Gasteiger partial charge is 0.0827 e. The van der Waals surface area contributed by atoms with Gasteiger partial charge in [0.05, 0.1) is 12.2 Å². The van der Waals surface area contributed by atoms with E-state index in [0.717, 1.165) is 25.7 Å². The summed E-state index contributed by atoms with van der Waals surface area (Å²) < 4.78 is 5.11. The molecular formula is C9H20O2. The van der Waals surface area contributed by atoms with Gasteiger partial charge in [-0.25, -0.2) is 0 Å². The summed E-state index contributed by atoms with van der Waals surface area (Å²) >= 11 is 0. The Hall–Kier alpha value is -0.0800. The number of aliphatic hydroxyl groups is 1. The average Bonchev–Trinajstić information content (AvgIpc) is 2.03. The van der Waals surface area contributed by atoms with Crippen molar-refractivity contribution in [3.05, 3.63) is 0 Å². The van der Waals surface area contributed by atoms with Crippen LogP contribution in [-0.2, 0) is 4.74 Å². The van der Waals surface area contributed by atoms with Gasteiger partial charge in [-0.2, -0.15) is 0 Å². The maximum Gasteiger partial charge on any atom is 0.0827 e. The van der Waals surface area contributed by atoms with E-state index >= 15 is 0 Å². The van der Waals surface area contributed by atoms with Crippen molar-refractivity contribution in [2.24, 2.45) is 0 Å². The predicted octanol–water partition coefficient (Wildman–Crippen LogP) is 1.96. The highest BCUT2D eigenvalue weighted by Crippen LogP contribution is 2.09. The van der Waals surface area contributed by atoms with E-state index in [4.69, 9.17) is 4.74 Å². The summed E-state index contributed by atoms with van der Waals surface area (Å²) in [7, 11) is 1.66. The van der Waals surface area contributed by atoms with Gasteiger partial charge in [0.25, 0.3) is 0 Å². The Labute approximate surface area is 69.6 Å². The first-order valence-corrected chi connectivity index (χ1v) is 4.47. The minimum atomic E-state index is -0.273. The second-order valence-electron chi connectivity index (χ2n) is 2.89. The van der Waals surface area contributed by atoms with Crippen LogP contribution in [-0.4, -0.2) is 24.4 Å². The van der Waals surface area contributed by atoms with Crippen LogP contribution in [0.15, 0.2) is 0 Å². The molecule has 0 aliphatic rings. The molecule has 0 radical (unpaired) electrons. The topological polar surface area (TPSA) is 29.5 Å². The Morgan fingerprint density at radius 2 is 2.00 bits per heavy atom. The second kappa shape index (κ2) is 6.62. The van der Waals surface area contributed by atoms with Gasteiger partial charge in [-0.05, 0) is 12.8 Å². The van der Waals surface area contributed by atoms with Gasteiger partial charge in [0.15, 0.2) is 0 Å². The molecule has 0 aromatic carbocycles. The van der Waals surface area contributed by atoms with Gasteiger partial charge in [-0.15, -0.1) is 0 Å². The first-order chi connectivity index (χ1) is 5.26. The third kappa shape index (κ3) is 4.38. The molecule has 2 unspecified atom stereocenters. The van der Waals surface area contributed by atoms with Crippen LogP contribution in [0.3, 0.4) is 0 Å². The Bertz CT molecular complexity index is 79.6. The van der Waals surface area contributed by atoms with Crippen LogP contribution in [0.2, 0.25) is 0 Å². The zero-order valence-electron chi connectivity index (χ0n) is 7.84. The zero-order chi connectivity index (χ0) is 8.69. The summed E-state index contributed by atoms with van der Waals surface area (Å²) in [6, 6.07) is 0. The molecule has 0 aromatic heterocycles. The van der Waals surface area contributed by atoms with E-state index in [0.29, 0.717) is 0 Å². The van der Waals surface area contributed by atoms with Crippen molar-refractivity contribution in [1.29, 1.82) is 0 Å². The summed E-state index contributed by atoms with van der Waals surface area (Å²) in [6.45, 7) is 4.16. The number of unbranched alkanes of at least 4 members (excludes halogenated alkanes) is 1. The highest BCUT2D eigenvalue weighted by atomic mass is 16.5. The number of hydrogen-bond donors (Lipinski definition) is 1. The molecule has 11 heavy (non-hydrogen) atoms. The van der Waals surface area contributed by atoms with E-state index in [1.807, 2.05) is 6.92 Å². The molecule has 0 aliphatic carbocycles. The molecule has 0 saturated carbocycles. The standard InChI is InChI=1S/C9H20O2/c1-4-6-7-8(10)9(5-2)11-3/h8-10H,4-7H2,1-3H3. The zero-order valence-corrected chi connectivity index (χ0v) is 7.84. The van der Waals surface area contributed by atoms with Crippen LogP contribution in [0.1, 0.15) is 39.5 Å². The third-order valence-electron chi connectivity index (χ3n) is 1.99. The van der Waals surface area contributed by atoms with Gasteiger partial charge >= 0.3 is 0 Å². The fourth-order valence-corrected chi connectivity index (χ4v) is 1.19. The Kier molecular flexibility index (Phi) is 6.57. The van der Waals surface area contributed by atoms with E-state index in [1.165, 1.54) is 0 Å². The minimum Gasteiger partial charge on any atom is -0.390 e. The monoisotopic (exact) mass is 160 g/mol. The molecular weight excluding hydrogens is 140 g/mol. The molecule has 0 aromatic rings. The van der Waals surface area contributed by atoms with Gasteiger partial charge < -0.3 is 9.84 Å². The van der Waals surface area contributed by atoms with E-state index in [9.17, 15) is 5.11 Å². The van der Waals surface area contributed by atoms with Gasteiger partial charge in [0.2, 0.25) is 0 Å². The normalized spacial score (nSPS) is 16.4. The lowest BCUT2D eigenvalue weighted by Crippen LogP contribution is -2.26. The van der Waals surface area contributed by atoms with Crippen LogP contribution in [0.4, 0.5) is 0 Å². The Balaban J connectivity index is 3.51. The van der Waals surface area contributed by atoms with Crippen molar-refractivity contribution >= 4 is 0 Å². The van der Waals surface area contributed by atoms with E-state index in [-0.39, 0.29) is 12.2 Å². The van der Waals surface area contributed by atoms with Crippen LogP contribution in [0, 0.1) is 0 Å². The lowest BCUT2D eigenvalue weighted by Gasteiger charge is -2.19. The Morgan fingerprint density at radius 3 is 2.36 bits per heavy atom. The van der Waals surface area contributed by atoms with Crippen molar-refractivity contribution in [3.63, 3.8) is 0 Å². The molecule has 0 fully saturated rings. The van der Waals surface area contributed by atoms with Gasteiger partial charge in [0, 0.05) is 7.11 Å². The molecule has 1 N–H and O–H groups in total. The van der Waals surface area contributed by atoms with Crippen molar-refractivity contribution in [2.45, 2.75) is 51.7 Å². The fraction of sp³-hybridized carbons (Fsp3) is 1.00. The molecule has 0 heterocycles. The van der Waals surface area contributed by atoms with Crippen LogP contribution in [0.5, 0.6) is 0 Å². The minimum absolute atomic E-state index is 0.0292. The summed E-state index contributed by atoms with van der Waals surface area (Å²) in [5, 5.41) is 9.52. The van der Waals surface area contributed by atoms with Crippen molar-refractivity contribution in [2.75, 3.05) is 7.11 Å². The molecule has 0 rings (SSSR count). The SMILES string of the molecule is CCCCC(O)C(CC)OC. The maximum atomic E-state index is 9.52. The predicted molar refractivity (Wildman–Crippen MR) is 46.6 cm³/mol. The summed E-state index contributed by atoms with van der Waals surface area (Å²) in [6.07, 6.45) is 3.73. The summed E-state index contributed by atoms with van der Waals surface area (Å²) in [5.74, 6) is 0. The first kappa shape index (κ1) is 10.9. The molecule has 2 atom stereocenters. The Morgan fingerprint density at radius 1 is 1.36 bits per heavy atom. The second-order valence-corrected chi connectivity index (χ2v) is 2.89. The van der Waals surface area contributed by atoms with Gasteiger partial charge in [0.1, 0.15) is 0 Å². The van der Waals surface area contributed by atoms with E-state index < -0.39 is 0 Å². The number of methoxy groups -OCH3 is 1. The largest absolute Gasteiger partial charge is 0.390 e. The molecule has 0 bridgehead atoms. The lowest BCUT2D eigenvalue weighted by molar-refractivity contribution is -0.0180. The molecule has 2 nitrogen and oxygen atoms in total. The van der Waals surface area contributed by atoms with E-state index in [1.54, 1.807) is 7.11 Å². The molecule has 0 spiro atoms. The summed E-state index contributed by atoms with van der Waals surface area (Å²) in [5.41, 5.74) is 0. The highest BCUT2D eigenvalue weighted by molar-refractivity contribution is 4.66. The molecule has 68 valence electrons. The van der Waals surface area contributed by atoms with Gasteiger partial charge in [-0.3, -0.25) is 0 Å². The van der Waals surface area contributed by atoms with E-state index in [2.05, 4.69) is 6.92 Å². The molecule has 2 heteroatoms. The average molecular weight is 160 g/mol. The van der Waals surface area contributed by atoms with Crippen molar-refractivity contribution in [3.8, 4) is 0 Å². The maximum absolute atomic E-state index is 9.52. The number of ether oxygens (including phenoxy) is 1. The van der Waals surface area contributed by atoms with Crippen molar-refractivity contribution in [1.82, 2.24) is 0 Å². The van der Waals surface area contributed by atoms with Crippen LogP contribution >= 0.6 is 0 Å². The van der Waals surface area contributed by atoms with Crippen LogP contribution < -0.4 is 0 Å². The van der Waals surface area contributed by atoms with Crippen LogP contribution in [0.25, 0.3) is 0 Å². The quantitative estimate of drug-likeness (QED) is 0.643. The third-order valence-corrected chi connectivity index (χ3v) is 1.99. The van der Waals surface area contributed by atoms with Crippen molar-refractivity contribution < 1.29 is 9.84 Å². The lowest BCUT2D eigenvalue weighted by atomic mass is 10.1. The fourth-order valence-electron chi connectivity index (χ4n) is 1.19. The number of hydrogen-bond acceptors (Lipinski definition) is 2. The first-order valence-electron chi connectivity index (χ1n) is 4.47. The number of rotatable bonds is 6. The highest BCUT2D eigenvalue weighted by Gasteiger charge is 2.14.